The monoisotopic (exact) mass is 274 g/mol. The van der Waals surface area contributed by atoms with Crippen molar-refractivity contribution >= 4 is 22.9 Å². The molecule has 0 bridgehead atoms. The van der Waals surface area contributed by atoms with Gasteiger partial charge in [-0.1, -0.05) is 0 Å². The third-order valence-electron chi connectivity index (χ3n) is 3.05. The predicted octanol–water partition coefficient (Wildman–Crippen LogP) is 1.65. The van der Waals surface area contributed by atoms with Gasteiger partial charge < -0.3 is 10.6 Å². The van der Waals surface area contributed by atoms with Crippen molar-refractivity contribution in [2.24, 2.45) is 10.8 Å². The first-order chi connectivity index (χ1) is 9.61. The summed E-state index contributed by atoms with van der Waals surface area (Å²) in [5.74, 6) is -0.775. The molecule has 0 spiro atoms. The summed E-state index contributed by atoms with van der Waals surface area (Å²) in [6.45, 7) is 1.73. The van der Waals surface area contributed by atoms with Gasteiger partial charge in [0.15, 0.2) is 5.84 Å². The minimum Gasteiger partial charge on any atom is -0.382 e. The molecule has 0 saturated carbocycles. The Balaban J connectivity index is 2.13. The molecule has 1 heterocycles. The number of benzene rings is 1. The highest BCUT2D eigenvalue weighted by atomic mass is 19.1. The van der Waals surface area contributed by atoms with Gasteiger partial charge in [0.05, 0.1) is 11.4 Å². The number of nitrogens with one attached hydrogen (secondary N) is 2. The van der Waals surface area contributed by atoms with E-state index in [-0.39, 0.29) is 11.5 Å². The molecule has 1 aliphatic rings. The number of nitrogens with zero attached hydrogens (tertiary/aromatic N) is 3. The topological polar surface area (TPSA) is 101 Å². The zero-order chi connectivity index (χ0) is 14.5. The molecule has 0 radical (unpaired) electrons. The van der Waals surface area contributed by atoms with Crippen LogP contribution >= 0.6 is 0 Å². The fraction of sp³-hybridized carbons (Fsp3) is 0.308. The zero-order valence-corrected chi connectivity index (χ0v) is 10.9. The van der Waals surface area contributed by atoms with E-state index < -0.39 is 5.84 Å². The Morgan fingerprint density at radius 2 is 2.15 bits per heavy atom. The van der Waals surface area contributed by atoms with E-state index in [2.05, 4.69) is 10.5 Å². The van der Waals surface area contributed by atoms with Crippen LogP contribution in [0.25, 0.3) is 0 Å². The molecule has 4 N–H and O–H groups in total. The molecular formula is C13H15FN6. The lowest BCUT2D eigenvalue weighted by Gasteiger charge is -2.18. The third-order valence-corrected chi connectivity index (χ3v) is 3.05. The van der Waals surface area contributed by atoms with Crippen LogP contribution in [0.5, 0.6) is 0 Å². The van der Waals surface area contributed by atoms with Crippen molar-refractivity contribution in [1.29, 1.82) is 10.7 Å². The predicted molar refractivity (Wildman–Crippen MR) is 76.4 cm³/mol. The molecule has 0 aliphatic carbocycles. The van der Waals surface area contributed by atoms with Crippen molar-refractivity contribution < 1.29 is 4.39 Å². The summed E-state index contributed by atoms with van der Waals surface area (Å²) in [6.07, 6.45) is 2.15. The van der Waals surface area contributed by atoms with E-state index in [0.29, 0.717) is 11.4 Å². The molecular weight excluding hydrogens is 259 g/mol. The average molecular weight is 274 g/mol. The van der Waals surface area contributed by atoms with Crippen LogP contribution in [-0.2, 0) is 0 Å². The molecule has 7 heteroatoms. The van der Waals surface area contributed by atoms with Gasteiger partial charge in [-0.15, -0.1) is 0 Å². The van der Waals surface area contributed by atoms with E-state index in [9.17, 15) is 4.39 Å². The number of hydrazone groups is 1. The van der Waals surface area contributed by atoms with Gasteiger partial charge in [0.2, 0.25) is 5.71 Å². The van der Waals surface area contributed by atoms with E-state index in [1.54, 1.807) is 18.2 Å². The Bertz CT molecular complexity index is 583. The number of hydrogen-bond donors (Lipinski definition) is 3. The number of rotatable bonds is 4. The third kappa shape index (κ3) is 3.03. The standard InChI is InChI=1S/C13H15FN6/c14-10-7-9(18-19-11(8-15)13(16)17)3-4-12(10)20-5-1-2-6-20/h3-4,7,18H,1-2,5-6H2,(H3,16,17)/b19-11+. The first kappa shape index (κ1) is 13.8. The van der Waals surface area contributed by atoms with Crippen LogP contribution in [0.4, 0.5) is 15.8 Å². The molecule has 0 atom stereocenters. The van der Waals surface area contributed by atoms with Gasteiger partial charge in [0, 0.05) is 19.2 Å². The lowest BCUT2D eigenvalue weighted by molar-refractivity contribution is 0.623. The zero-order valence-electron chi connectivity index (χ0n) is 10.9. The number of halogens is 1. The van der Waals surface area contributed by atoms with Crippen LogP contribution in [0.15, 0.2) is 23.3 Å². The maximum atomic E-state index is 14.0. The van der Waals surface area contributed by atoms with E-state index in [4.69, 9.17) is 16.4 Å². The first-order valence-corrected chi connectivity index (χ1v) is 6.24. The van der Waals surface area contributed by atoms with Crippen molar-refractivity contribution in [3.8, 4) is 6.07 Å². The molecule has 2 rings (SSSR count). The Hall–Kier alpha value is -2.62. The van der Waals surface area contributed by atoms with Gasteiger partial charge >= 0.3 is 0 Å². The molecule has 0 unspecified atom stereocenters. The van der Waals surface area contributed by atoms with Crippen LogP contribution in [0.3, 0.4) is 0 Å². The summed E-state index contributed by atoms with van der Waals surface area (Å²) >= 11 is 0. The summed E-state index contributed by atoms with van der Waals surface area (Å²) in [6, 6.07) is 6.35. The van der Waals surface area contributed by atoms with E-state index >= 15 is 0 Å². The van der Waals surface area contributed by atoms with Crippen LogP contribution in [0, 0.1) is 22.6 Å². The fourth-order valence-corrected chi connectivity index (χ4v) is 2.06. The molecule has 1 aromatic carbocycles. The number of anilines is 2. The number of hydrogen-bond acceptors (Lipinski definition) is 5. The van der Waals surface area contributed by atoms with Crippen LogP contribution in [0.2, 0.25) is 0 Å². The molecule has 0 amide bonds. The lowest BCUT2D eigenvalue weighted by atomic mass is 10.2. The van der Waals surface area contributed by atoms with Gasteiger partial charge in [-0.25, -0.2) is 4.39 Å². The molecule has 0 aromatic heterocycles. The molecule has 20 heavy (non-hydrogen) atoms. The van der Waals surface area contributed by atoms with Crippen molar-refractivity contribution in [2.75, 3.05) is 23.4 Å². The summed E-state index contributed by atoms with van der Waals surface area (Å²) in [4.78, 5) is 2.00. The molecule has 1 saturated heterocycles. The van der Waals surface area contributed by atoms with Crippen LogP contribution in [0.1, 0.15) is 12.8 Å². The largest absolute Gasteiger partial charge is 0.382 e. The van der Waals surface area contributed by atoms with Crippen LogP contribution < -0.4 is 16.1 Å². The smallest absolute Gasteiger partial charge is 0.201 e. The Kier molecular flexibility index (Phi) is 4.15. The minimum atomic E-state index is -0.436. The van der Waals surface area contributed by atoms with E-state index in [1.165, 1.54) is 6.07 Å². The molecule has 104 valence electrons. The second kappa shape index (κ2) is 6.02. The van der Waals surface area contributed by atoms with Crippen LogP contribution in [-0.4, -0.2) is 24.6 Å². The van der Waals surface area contributed by atoms with Crippen molar-refractivity contribution in [3.63, 3.8) is 0 Å². The normalized spacial score (nSPS) is 15.0. The van der Waals surface area contributed by atoms with Gasteiger partial charge in [-0.3, -0.25) is 10.8 Å². The summed E-state index contributed by atoms with van der Waals surface area (Å²) in [7, 11) is 0. The first-order valence-electron chi connectivity index (χ1n) is 6.24. The summed E-state index contributed by atoms with van der Waals surface area (Å²) < 4.78 is 14.0. The second-order valence-electron chi connectivity index (χ2n) is 4.46. The second-order valence-corrected chi connectivity index (χ2v) is 4.46. The Labute approximate surface area is 116 Å². The molecule has 1 fully saturated rings. The average Bonchev–Trinajstić information content (AvgIpc) is 2.93. The van der Waals surface area contributed by atoms with Crippen molar-refractivity contribution in [1.82, 2.24) is 0 Å². The van der Waals surface area contributed by atoms with Gasteiger partial charge in [-0.2, -0.15) is 10.4 Å². The summed E-state index contributed by atoms with van der Waals surface area (Å²) in [5.41, 5.74) is 8.41. The van der Waals surface area contributed by atoms with Gasteiger partial charge in [0.25, 0.3) is 0 Å². The maximum Gasteiger partial charge on any atom is 0.201 e. The van der Waals surface area contributed by atoms with E-state index in [0.717, 1.165) is 25.9 Å². The molecule has 1 aromatic rings. The quantitative estimate of drug-likeness (QED) is 0.441. The number of amidine groups is 1. The Morgan fingerprint density at radius 3 is 2.70 bits per heavy atom. The maximum absolute atomic E-state index is 14.0. The minimum absolute atomic E-state index is 0.242. The highest BCUT2D eigenvalue weighted by Gasteiger charge is 2.16. The van der Waals surface area contributed by atoms with Crippen molar-refractivity contribution in [3.05, 3.63) is 24.0 Å². The molecule has 6 nitrogen and oxygen atoms in total. The van der Waals surface area contributed by atoms with Crippen molar-refractivity contribution in [2.45, 2.75) is 12.8 Å². The van der Waals surface area contributed by atoms with E-state index in [1.807, 2.05) is 4.90 Å². The molecule has 1 aliphatic heterocycles. The fourth-order valence-electron chi connectivity index (χ4n) is 2.06. The highest BCUT2D eigenvalue weighted by molar-refractivity contribution is 6.45. The summed E-state index contributed by atoms with van der Waals surface area (Å²) in [5, 5.41) is 19.5. The highest BCUT2D eigenvalue weighted by Crippen LogP contribution is 2.25. The number of nitrogens with two attached hydrogens (primary N) is 1. The van der Waals surface area contributed by atoms with Gasteiger partial charge in [0.1, 0.15) is 11.9 Å². The van der Waals surface area contributed by atoms with Gasteiger partial charge in [-0.05, 0) is 25.0 Å². The SMILES string of the molecule is N#C/C(=N\Nc1ccc(N2CCCC2)c(F)c1)C(=N)N. The Morgan fingerprint density at radius 1 is 1.45 bits per heavy atom. The number of nitriles is 1. The lowest BCUT2D eigenvalue weighted by Crippen LogP contribution is -2.22.